The van der Waals surface area contributed by atoms with Gasteiger partial charge in [0.1, 0.15) is 5.82 Å². The molecule has 1 aliphatic rings. The quantitative estimate of drug-likeness (QED) is 0.482. The molecule has 0 saturated carbocycles. The summed E-state index contributed by atoms with van der Waals surface area (Å²) < 4.78 is 14.4. The Morgan fingerprint density at radius 2 is 1.93 bits per heavy atom. The lowest BCUT2D eigenvalue weighted by Crippen LogP contribution is -2.30. The zero-order valence-corrected chi connectivity index (χ0v) is 14.7. The van der Waals surface area contributed by atoms with Crippen LogP contribution in [0.15, 0.2) is 48.5 Å². The smallest absolute Gasteiger partial charge is 0.270 e. The first-order chi connectivity index (χ1) is 13.0. The second kappa shape index (κ2) is 8.44. The fraction of sp³-hybridized carbons (Fsp3) is 0.250. The van der Waals surface area contributed by atoms with E-state index in [1.54, 1.807) is 24.3 Å². The van der Waals surface area contributed by atoms with Crippen LogP contribution in [0.3, 0.4) is 0 Å². The Morgan fingerprint density at radius 3 is 2.63 bits per heavy atom. The van der Waals surface area contributed by atoms with Crippen molar-refractivity contribution in [1.82, 2.24) is 0 Å². The van der Waals surface area contributed by atoms with E-state index in [9.17, 15) is 19.3 Å². The SMILES string of the molecule is O=C(/C=C/c1cccc([N+](=O)[O-])c1)Nc1ccc(N2CCCCC2)c(F)c1. The van der Waals surface area contributed by atoms with Gasteiger partial charge in [-0.15, -0.1) is 0 Å². The van der Waals surface area contributed by atoms with Gasteiger partial charge in [-0.3, -0.25) is 14.9 Å². The molecule has 0 unspecified atom stereocenters. The summed E-state index contributed by atoms with van der Waals surface area (Å²) >= 11 is 0. The topological polar surface area (TPSA) is 75.5 Å². The van der Waals surface area contributed by atoms with E-state index in [0.29, 0.717) is 16.9 Å². The molecule has 0 spiro atoms. The van der Waals surface area contributed by atoms with E-state index in [-0.39, 0.29) is 11.5 Å². The first-order valence-electron chi connectivity index (χ1n) is 8.81. The second-order valence-electron chi connectivity index (χ2n) is 6.39. The van der Waals surface area contributed by atoms with Crippen LogP contribution in [0.25, 0.3) is 6.08 Å². The van der Waals surface area contributed by atoms with Gasteiger partial charge in [0.15, 0.2) is 0 Å². The first kappa shape index (κ1) is 18.6. The normalized spacial score (nSPS) is 14.3. The number of nitrogens with zero attached hydrogens (tertiary/aromatic N) is 2. The maximum absolute atomic E-state index is 14.4. The fourth-order valence-corrected chi connectivity index (χ4v) is 3.07. The average molecular weight is 369 g/mol. The molecule has 1 heterocycles. The van der Waals surface area contributed by atoms with Gasteiger partial charge in [-0.2, -0.15) is 0 Å². The fourth-order valence-electron chi connectivity index (χ4n) is 3.07. The van der Waals surface area contributed by atoms with Crippen molar-refractivity contribution < 1.29 is 14.1 Å². The third-order valence-electron chi connectivity index (χ3n) is 4.42. The highest BCUT2D eigenvalue weighted by Gasteiger charge is 2.15. The van der Waals surface area contributed by atoms with Crippen LogP contribution in [0.2, 0.25) is 0 Å². The largest absolute Gasteiger partial charge is 0.369 e. The minimum absolute atomic E-state index is 0.0482. The Kier molecular flexibility index (Phi) is 5.80. The highest BCUT2D eigenvalue weighted by molar-refractivity contribution is 6.02. The molecule has 1 N–H and O–H groups in total. The Bertz CT molecular complexity index is 877. The van der Waals surface area contributed by atoms with Crippen molar-refractivity contribution in [2.45, 2.75) is 19.3 Å². The molecule has 0 bridgehead atoms. The van der Waals surface area contributed by atoms with Gasteiger partial charge in [0.25, 0.3) is 5.69 Å². The van der Waals surface area contributed by atoms with Gasteiger partial charge in [0.2, 0.25) is 5.91 Å². The van der Waals surface area contributed by atoms with Crippen molar-refractivity contribution in [3.05, 3.63) is 70.0 Å². The summed E-state index contributed by atoms with van der Waals surface area (Å²) in [5.41, 5.74) is 1.40. The number of halogens is 1. The molecule has 1 amide bonds. The number of carbonyl (C=O) groups is 1. The van der Waals surface area contributed by atoms with Crippen molar-refractivity contribution in [2.24, 2.45) is 0 Å². The molecule has 1 saturated heterocycles. The first-order valence-corrected chi connectivity index (χ1v) is 8.81. The zero-order chi connectivity index (χ0) is 19.2. The van der Waals surface area contributed by atoms with E-state index in [2.05, 4.69) is 5.32 Å². The Hall–Kier alpha value is -3.22. The van der Waals surface area contributed by atoms with Crippen molar-refractivity contribution in [2.75, 3.05) is 23.3 Å². The summed E-state index contributed by atoms with van der Waals surface area (Å²) in [6, 6.07) is 10.6. The third-order valence-corrected chi connectivity index (χ3v) is 4.42. The minimum atomic E-state index is -0.496. The highest BCUT2D eigenvalue weighted by atomic mass is 19.1. The molecule has 7 heteroatoms. The van der Waals surface area contributed by atoms with Crippen molar-refractivity contribution in [3.63, 3.8) is 0 Å². The van der Waals surface area contributed by atoms with Gasteiger partial charge in [0, 0.05) is 37.0 Å². The molecule has 2 aromatic rings. The van der Waals surface area contributed by atoms with E-state index >= 15 is 0 Å². The molecule has 6 nitrogen and oxygen atoms in total. The van der Waals surface area contributed by atoms with Gasteiger partial charge in [-0.05, 0) is 49.1 Å². The third kappa shape index (κ3) is 4.91. The lowest BCUT2D eigenvalue weighted by molar-refractivity contribution is -0.384. The predicted octanol–water partition coefficient (Wildman–Crippen LogP) is 4.38. The van der Waals surface area contributed by atoms with E-state index in [1.807, 2.05) is 4.90 Å². The molecule has 1 fully saturated rings. The standard InChI is InChI=1S/C20H20FN3O3/c21-18-14-16(8-9-19(18)23-11-2-1-3-12-23)22-20(25)10-7-15-5-4-6-17(13-15)24(26)27/h4-10,13-14H,1-3,11-12H2,(H,22,25)/b10-7+. The lowest BCUT2D eigenvalue weighted by atomic mass is 10.1. The Balaban J connectivity index is 1.64. The predicted molar refractivity (Wildman–Crippen MR) is 103 cm³/mol. The Labute approximate surface area is 156 Å². The van der Waals surface area contributed by atoms with Crippen LogP contribution in [-0.4, -0.2) is 23.9 Å². The highest BCUT2D eigenvalue weighted by Crippen LogP contribution is 2.25. The number of carbonyl (C=O) groups excluding carboxylic acids is 1. The van der Waals surface area contributed by atoms with Crippen LogP contribution >= 0.6 is 0 Å². The molecule has 3 rings (SSSR count). The molecule has 0 atom stereocenters. The van der Waals surface area contributed by atoms with Crippen LogP contribution < -0.4 is 10.2 Å². The van der Waals surface area contributed by atoms with Gasteiger partial charge in [-0.1, -0.05) is 12.1 Å². The summed E-state index contributed by atoms with van der Waals surface area (Å²) in [6.07, 6.45) is 6.01. The molecule has 2 aromatic carbocycles. The molecule has 0 radical (unpaired) electrons. The van der Waals surface area contributed by atoms with Crippen LogP contribution in [-0.2, 0) is 4.79 Å². The van der Waals surface area contributed by atoms with Crippen LogP contribution in [0, 0.1) is 15.9 Å². The lowest BCUT2D eigenvalue weighted by Gasteiger charge is -2.29. The number of nitrogens with one attached hydrogen (secondary N) is 1. The average Bonchev–Trinajstić information content (AvgIpc) is 2.67. The maximum atomic E-state index is 14.4. The second-order valence-corrected chi connectivity index (χ2v) is 6.39. The Morgan fingerprint density at radius 1 is 1.15 bits per heavy atom. The molecule has 0 aromatic heterocycles. The van der Waals surface area contributed by atoms with Gasteiger partial charge in [-0.25, -0.2) is 4.39 Å². The number of anilines is 2. The van der Waals surface area contributed by atoms with Crippen LogP contribution in [0.5, 0.6) is 0 Å². The number of hydrogen-bond acceptors (Lipinski definition) is 4. The van der Waals surface area contributed by atoms with E-state index in [4.69, 9.17) is 0 Å². The summed E-state index contributed by atoms with van der Waals surface area (Å²) in [5, 5.41) is 13.4. The molecule has 0 aliphatic carbocycles. The number of rotatable bonds is 5. The number of non-ortho nitro benzene ring substituents is 1. The van der Waals surface area contributed by atoms with Crippen molar-refractivity contribution >= 4 is 29.0 Å². The van der Waals surface area contributed by atoms with Gasteiger partial charge in [0.05, 0.1) is 10.6 Å². The number of hydrogen-bond donors (Lipinski definition) is 1. The summed E-state index contributed by atoms with van der Waals surface area (Å²) in [4.78, 5) is 24.3. The minimum Gasteiger partial charge on any atom is -0.369 e. The van der Waals surface area contributed by atoms with E-state index in [0.717, 1.165) is 25.9 Å². The van der Waals surface area contributed by atoms with Crippen molar-refractivity contribution in [3.8, 4) is 0 Å². The summed E-state index contributed by atoms with van der Waals surface area (Å²) in [6.45, 7) is 1.68. The summed E-state index contributed by atoms with van der Waals surface area (Å²) in [7, 11) is 0. The number of piperidine rings is 1. The molecule has 1 aliphatic heterocycles. The molecule has 27 heavy (non-hydrogen) atoms. The van der Waals surface area contributed by atoms with Gasteiger partial charge >= 0.3 is 0 Å². The van der Waals surface area contributed by atoms with Crippen molar-refractivity contribution in [1.29, 1.82) is 0 Å². The summed E-state index contributed by atoms with van der Waals surface area (Å²) in [5.74, 6) is -0.802. The van der Waals surface area contributed by atoms with E-state index < -0.39 is 10.8 Å². The molecule has 140 valence electrons. The number of benzene rings is 2. The van der Waals surface area contributed by atoms with E-state index in [1.165, 1.54) is 36.8 Å². The monoisotopic (exact) mass is 369 g/mol. The molecular weight excluding hydrogens is 349 g/mol. The zero-order valence-electron chi connectivity index (χ0n) is 14.7. The maximum Gasteiger partial charge on any atom is 0.270 e. The van der Waals surface area contributed by atoms with Crippen LogP contribution in [0.1, 0.15) is 24.8 Å². The number of amides is 1. The number of nitro groups is 1. The van der Waals surface area contributed by atoms with Crippen LogP contribution in [0.4, 0.5) is 21.5 Å². The number of nitro benzene ring substituents is 1. The molecular formula is C20H20FN3O3. The van der Waals surface area contributed by atoms with Gasteiger partial charge < -0.3 is 10.2 Å².